The van der Waals surface area contributed by atoms with E-state index in [2.05, 4.69) is 15.5 Å². The summed E-state index contributed by atoms with van der Waals surface area (Å²) < 4.78 is 28.2. The van der Waals surface area contributed by atoms with E-state index >= 15 is 0 Å². The first-order chi connectivity index (χ1) is 7.58. The van der Waals surface area contributed by atoms with Gasteiger partial charge in [0, 0.05) is 12.7 Å². The van der Waals surface area contributed by atoms with Crippen LogP contribution in [-0.2, 0) is 7.05 Å². The molecule has 0 unspecified atom stereocenters. The molecule has 1 aromatic carbocycles. The lowest BCUT2D eigenvalue weighted by atomic mass is 10.3. The Bertz CT molecular complexity index is 504. The summed E-state index contributed by atoms with van der Waals surface area (Å²) in [6.07, 6.45) is 0. The van der Waals surface area contributed by atoms with Crippen LogP contribution in [0.1, 0.15) is 0 Å². The predicted molar refractivity (Wildman–Crippen MR) is 53.7 cm³/mol. The fraction of sp³-hybridized carbons (Fsp3) is 0.125. The van der Waals surface area contributed by atoms with Crippen LogP contribution in [0.2, 0.25) is 0 Å². The van der Waals surface area contributed by atoms with Crippen LogP contribution < -0.4 is 5.73 Å². The monoisotopic (exact) mass is 243 g/mol. The number of tetrazole rings is 1. The molecule has 0 amide bonds. The first-order valence-electron chi connectivity index (χ1n) is 4.22. The van der Waals surface area contributed by atoms with E-state index in [9.17, 15) is 8.78 Å². The van der Waals surface area contributed by atoms with E-state index in [4.69, 9.17) is 5.73 Å². The van der Waals surface area contributed by atoms with Crippen LogP contribution in [0.4, 0.5) is 14.5 Å². The van der Waals surface area contributed by atoms with E-state index in [1.165, 1.54) is 4.68 Å². The summed E-state index contributed by atoms with van der Waals surface area (Å²) in [5.74, 6) is -1.46. The molecular formula is C8H7F2N5S. The summed E-state index contributed by atoms with van der Waals surface area (Å²) >= 11 is 0.804. The lowest BCUT2D eigenvalue weighted by Gasteiger charge is -2.04. The Hall–Kier alpha value is -1.70. The Balaban J connectivity index is 2.39. The van der Waals surface area contributed by atoms with Gasteiger partial charge in [-0.15, -0.1) is 5.10 Å². The van der Waals surface area contributed by atoms with E-state index in [0.29, 0.717) is 5.16 Å². The van der Waals surface area contributed by atoms with Crippen molar-refractivity contribution in [2.24, 2.45) is 7.05 Å². The van der Waals surface area contributed by atoms with E-state index in [0.717, 1.165) is 23.9 Å². The zero-order valence-corrected chi connectivity index (χ0v) is 9.00. The normalized spacial score (nSPS) is 10.7. The van der Waals surface area contributed by atoms with Gasteiger partial charge in [-0.05, 0) is 34.3 Å². The summed E-state index contributed by atoms with van der Waals surface area (Å²) in [6.45, 7) is 0. The third kappa shape index (κ3) is 1.96. The van der Waals surface area contributed by atoms with Crippen molar-refractivity contribution in [1.29, 1.82) is 0 Å². The number of hydrogen-bond acceptors (Lipinski definition) is 5. The number of nitrogens with two attached hydrogens (primary N) is 1. The van der Waals surface area contributed by atoms with Gasteiger partial charge in [-0.3, -0.25) is 0 Å². The van der Waals surface area contributed by atoms with Crippen molar-refractivity contribution in [3.8, 4) is 0 Å². The number of nitrogens with zero attached hydrogens (tertiary/aromatic N) is 4. The Morgan fingerprint density at radius 3 is 2.44 bits per heavy atom. The van der Waals surface area contributed by atoms with Gasteiger partial charge in [-0.2, -0.15) is 0 Å². The minimum atomic E-state index is -0.731. The molecule has 2 N–H and O–H groups in total. The second-order valence-corrected chi connectivity index (χ2v) is 3.98. The lowest BCUT2D eigenvalue weighted by molar-refractivity contribution is 0.540. The smallest absolute Gasteiger partial charge is 0.214 e. The zero-order chi connectivity index (χ0) is 11.7. The van der Waals surface area contributed by atoms with Crippen LogP contribution in [0, 0.1) is 11.6 Å². The summed E-state index contributed by atoms with van der Waals surface area (Å²) in [5.41, 5.74) is 5.33. The molecule has 0 aliphatic rings. The SMILES string of the molecule is Cn1nnnc1Sc1c(F)cc(N)cc1F. The number of aromatic nitrogens is 4. The van der Waals surface area contributed by atoms with Crippen molar-refractivity contribution in [3.05, 3.63) is 23.8 Å². The zero-order valence-electron chi connectivity index (χ0n) is 8.19. The van der Waals surface area contributed by atoms with Crippen molar-refractivity contribution in [3.63, 3.8) is 0 Å². The molecule has 0 saturated carbocycles. The quantitative estimate of drug-likeness (QED) is 0.803. The maximum Gasteiger partial charge on any atom is 0.214 e. The molecule has 0 bridgehead atoms. The van der Waals surface area contributed by atoms with Gasteiger partial charge in [-0.25, -0.2) is 13.5 Å². The third-order valence-electron chi connectivity index (χ3n) is 1.80. The highest BCUT2D eigenvalue weighted by Gasteiger charge is 2.15. The number of halogens is 2. The van der Waals surface area contributed by atoms with E-state index < -0.39 is 11.6 Å². The first-order valence-corrected chi connectivity index (χ1v) is 5.04. The summed E-state index contributed by atoms with van der Waals surface area (Å²) in [5, 5.41) is 10.8. The van der Waals surface area contributed by atoms with Crippen LogP contribution in [0.3, 0.4) is 0 Å². The van der Waals surface area contributed by atoms with Crippen molar-refractivity contribution in [1.82, 2.24) is 20.2 Å². The van der Waals surface area contributed by atoms with Crippen LogP contribution in [0.5, 0.6) is 0 Å². The van der Waals surface area contributed by atoms with Gasteiger partial charge < -0.3 is 5.73 Å². The highest BCUT2D eigenvalue weighted by Crippen LogP contribution is 2.31. The number of benzene rings is 1. The average molecular weight is 243 g/mol. The molecule has 2 rings (SSSR count). The predicted octanol–water partition coefficient (Wildman–Crippen LogP) is 1.22. The fourth-order valence-corrected chi connectivity index (χ4v) is 1.82. The fourth-order valence-electron chi connectivity index (χ4n) is 1.08. The molecule has 0 aliphatic carbocycles. The van der Waals surface area contributed by atoms with Crippen LogP contribution in [-0.4, -0.2) is 20.2 Å². The number of nitrogen functional groups attached to an aromatic ring is 1. The van der Waals surface area contributed by atoms with Gasteiger partial charge in [0.2, 0.25) is 5.16 Å². The molecule has 84 valence electrons. The molecule has 0 saturated heterocycles. The second-order valence-electron chi connectivity index (χ2n) is 3.00. The van der Waals surface area contributed by atoms with E-state index in [1.54, 1.807) is 7.05 Å². The van der Waals surface area contributed by atoms with Gasteiger partial charge in [0.25, 0.3) is 0 Å². The Labute approximate surface area is 93.6 Å². The Morgan fingerprint density at radius 1 is 1.31 bits per heavy atom. The lowest BCUT2D eigenvalue weighted by Crippen LogP contribution is -1.96. The minimum Gasteiger partial charge on any atom is -0.399 e. The Kier molecular flexibility index (Phi) is 2.73. The minimum absolute atomic E-state index is 0.0374. The molecule has 1 heterocycles. The first kappa shape index (κ1) is 10.8. The standard InChI is InChI=1S/C8H7F2N5S/c1-15-8(12-13-14-15)16-7-5(9)2-4(11)3-6(7)10/h2-3H,11H2,1H3. The van der Waals surface area contributed by atoms with Crippen molar-refractivity contribution in [2.75, 3.05) is 5.73 Å². The molecule has 16 heavy (non-hydrogen) atoms. The molecule has 1 aromatic heterocycles. The molecule has 2 aromatic rings. The van der Waals surface area contributed by atoms with Gasteiger partial charge in [0.05, 0.1) is 4.90 Å². The summed E-state index contributed by atoms with van der Waals surface area (Å²) in [6, 6.07) is 2.10. The van der Waals surface area contributed by atoms with Crippen molar-refractivity contribution in [2.45, 2.75) is 10.1 Å². The summed E-state index contributed by atoms with van der Waals surface area (Å²) in [7, 11) is 1.58. The molecule has 5 nitrogen and oxygen atoms in total. The Morgan fingerprint density at radius 2 is 1.94 bits per heavy atom. The second kappa shape index (κ2) is 4.05. The molecule has 0 aliphatic heterocycles. The number of anilines is 1. The van der Waals surface area contributed by atoms with E-state index in [1.807, 2.05) is 0 Å². The highest BCUT2D eigenvalue weighted by molar-refractivity contribution is 7.99. The molecule has 0 radical (unpaired) electrons. The van der Waals surface area contributed by atoms with Gasteiger partial charge >= 0.3 is 0 Å². The average Bonchev–Trinajstić information content (AvgIpc) is 2.57. The van der Waals surface area contributed by atoms with Crippen LogP contribution in [0.25, 0.3) is 0 Å². The molecular weight excluding hydrogens is 236 g/mol. The largest absolute Gasteiger partial charge is 0.399 e. The topological polar surface area (TPSA) is 69.6 Å². The maximum absolute atomic E-state index is 13.4. The maximum atomic E-state index is 13.4. The van der Waals surface area contributed by atoms with Crippen molar-refractivity contribution >= 4 is 17.4 Å². The van der Waals surface area contributed by atoms with Crippen LogP contribution in [0.15, 0.2) is 22.2 Å². The van der Waals surface area contributed by atoms with Crippen molar-refractivity contribution < 1.29 is 8.78 Å². The van der Waals surface area contributed by atoms with Crippen LogP contribution >= 0.6 is 11.8 Å². The van der Waals surface area contributed by atoms with Gasteiger partial charge in [-0.1, -0.05) is 0 Å². The molecule has 0 atom stereocenters. The van der Waals surface area contributed by atoms with Gasteiger partial charge in [0.1, 0.15) is 11.6 Å². The highest BCUT2D eigenvalue weighted by atomic mass is 32.2. The van der Waals surface area contributed by atoms with E-state index in [-0.39, 0.29) is 10.6 Å². The summed E-state index contributed by atoms with van der Waals surface area (Å²) in [4.78, 5) is -0.174. The molecule has 0 fully saturated rings. The number of hydrogen-bond donors (Lipinski definition) is 1. The number of aryl methyl sites for hydroxylation is 1. The third-order valence-corrected chi connectivity index (χ3v) is 2.92. The van der Waals surface area contributed by atoms with Gasteiger partial charge in [0.15, 0.2) is 0 Å². The molecule has 0 spiro atoms. The number of rotatable bonds is 2. The molecule has 8 heteroatoms.